The van der Waals surface area contributed by atoms with E-state index in [-0.39, 0.29) is 30.4 Å². The van der Waals surface area contributed by atoms with Gasteiger partial charge in [0.1, 0.15) is 18.0 Å². The Kier molecular flexibility index (Phi) is 5.58. The van der Waals surface area contributed by atoms with E-state index in [1.54, 1.807) is 7.11 Å². The molecule has 3 rings (SSSR count). The number of benzene rings is 2. The van der Waals surface area contributed by atoms with E-state index in [0.29, 0.717) is 18.0 Å². The third-order valence-corrected chi connectivity index (χ3v) is 4.69. The quantitative estimate of drug-likeness (QED) is 0.863. The van der Waals surface area contributed by atoms with Crippen LogP contribution in [0.5, 0.6) is 11.5 Å². The van der Waals surface area contributed by atoms with Crippen LogP contribution < -0.4 is 19.7 Å². The van der Waals surface area contributed by atoms with Gasteiger partial charge in [-0.1, -0.05) is 39.0 Å². The molecule has 1 heterocycles. The van der Waals surface area contributed by atoms with Crippen molar-refractivity contribution in [1.29, 1.82) is 0 Å². The fourth-order valence-corrected chi connectivity index (χ4v) is 3.02. The SMILES string of the molecule is COc1cccc(CNC(=O)CN2C(=O)COc3ccc(C(C)(C)C)cc32)c1. The van der Waals surface area contributed by atoms with Crippen LogP contribution in [0.2, 0.25) is 0 Å². The van der Waals surface area contributed by atoms with E-state index in [9.17, 15) is 9.59 Å². The van der Waals surface area contributed by atoms with Gasteiger partial charge in [0, 0.05) is 6.54 Å². The number of fused-ring (bicyclic) bond motifs is 1. The average molecular weight is 382 g/mol. The highest BCUT2D eigenvalue weighted by atomic mass is 16.5. The molecule has 148 valence electrons. The molecule has 0 saturated heterocycles. The first-order valence-corrected chi connectivity index (χ1v) is 9.25. The van der Waals surface area contributed by atoms with Crippen molar-refractivity contribution in [1.82, 2.24) is 5.32 Å². The molecule has 0 bridgehead atoms. The monoisotopic (exact) mass is 382 g/mol. The smallest absolute Gasteiger partial charge is 0.265 e. The molecule has 0 fully saturated rings. The van der Waals surface area contributed by atoms with Gasteiger partial charge in [0.2, 0.25) is 5.91 Å². The zero-order valence-electron chi connectivity index (χ0n) is 16.7. The highest BCUT2D eigenvalue weighted by molar-refractivity contribution is 6.02. The van der Waals surface area contributed by atoms with Gasteiger partial charge in [-0.15, -0.1) is 0 Å². The second-order valence-corrected chi connectivity index (χ2v) is 7.83. The van der Waals surface area contributed by atoms with Gasteiger partial charge in [0.15, 0.2) is 6.61 Å². The summed E-state index contributed by atoms with van der Waals surface area (Å²) in [6, 6.07) is 13.3. The standard InChI is InChI=1S/C22H26N2O4/c1-22(2,3)16-8-9-19-18(11-16)24(21(26)14-28-19)13-20(25)23-12-15-6-5-7-17(10-15)27-4/h5-11H,12-14H2,1-4H3,(H,23,25). The minimum Gasteiger partial charge on any atom is -0.497 e. The van der Waals surface area contributed by atoms with Gasteiger partial charge in [-0.3, -0.25) is 14.5 Å². The fourth-order valence-electron chi connectivity index (χ4n) is 3.02. The molecule has 0 aromatic heterocycles. The second kappa shape index (κ2) is 7.92. The lowest BCUT2D eigenvalue weighted by Gasteiger charge is -2.31. The van der Waals surface area contributed by atoms with Gasteiger partial charge in [0.25, 0.3) is 5.91 Å². The van der Waals surface area contributed by atoms with Crippen LogP contribution in [-0.4, -0.2) is 32.1 Å². The first-order chi connectivity index (χ1) is 13.3. The average Bonchev–Trinajstić information content (AvgIpc) is 2.67. The largest absolute Gasteiger partial charge is 0.497 e. The summed E-state index contributed by atoms with van der Waals surface area (Å²) in [6.07, 6.45) is 0. The van der Waals surface area contributed by atoms with Crippen molar-refractivity contribution in [2.75, 3.05) is 25.2 Å². The minimum absolute atomic E-state index is 0.0489. The molecule has 1 aliphatic rings. The van der Waals surface area contributed by atoms with Gasteiger partial charge < -0.3 is 14.8 Å². The van der Waals surface area contributed by atoms with Crippen molar-refractivity contribution in [2.45, 2.75) is 32.7 Å². The molecule has 0 saturated carbocycles. The number of hydrogen-bond donors (Lipinski definition) is 1. The lowest BCUT2D eigenvalue weighted by Crippen LogP contribution is -2.45. The lowest BCUT2D eigenvalue weighted by molar-refractivity contribution is -0.125. The molecule has 1 aliphatic heterocycles. The van der Waals surface area contributed by atoms with Crippen molar-refractivity contribution >= 4 is 17.5 Å². The molecule has 2 aromatic rings. The molecule has 6 nitrogen and oxygen atoms in total. The normalized spacial score (nSPS) is 13.6. The van der Waals surface area contributed by atoms with Crippen LogP contribution in [-0.2, 0) is 21.5 Å². The van der Waals surface area contributed by atoms with Crippen molar-refractivity contribution in [2.24, 2.45) is 0 Å². The predicted molar refractivity (Wildman–Crippen MR) is 108 cm³/mol. The Morgan fingerprint density at radius 3 is 2.71 bits per heavy atom. The van der Waals surface area contributed by atoms with E-state index in [4.69, 9.17) is 9.47 Å². The first kappa shape index (κ1) is 19.7. The maximum atomic E-state index is 12.5. The Hall–Kier alpha value is -3.02. The Morgan fingerprint density at radius 1 is 1.21 bits per heavy atom. The first-order valence-electron chi connectivity index (χ1n) is 9.25. The maximum Gasteiger partial charge on any atom is 0.265 e. The number of nitrogens with one attached hydrogen (secondary N) is 1. The summed E-state index contributed by atoms with van der Waals surface area (Å²) in [5, 5.41) is 2.86. The number of rotatable bonds is 5. The molecule has 0 spiro atoms. The molecule has 2 aromatic carbocycles. The van der Waals surface area contributed by atoms with E-state index in [2.05, 4.69) is 26.1 Å². The molecule has 0 aliphatic carbocycles. The molecule has 28 heavy (non-hydrogen) atoms. The molecular weight excluding hydrogens is 356 g/mol. The highest BCUT2D eigenvalue weighted by Crippen LogP contribution is 2.36. The zero-order valence-corrected chi connectivity index (χ0v) is 16.7. The maximum absolute atomic E-state index is 12.5. The summed E-state index contributed by atoms with van der Waals surface area (Å²) in [5.41, 5.74) is 2.57. The molecular formula is C22H26N2O4. The van der Waals surface area contributed by atoms with Crippen LogP contribution in [0, 0.1) is 0 Å². The molecule has 0 unspecified atom stereocenters. The van der Waals surface area contributed by atoms with Crippen molar-refractivity contribution in [3.05, 3.63) is 53.6 Å². The van der Waals surface area contributed by atoms with Gasteiger partial charge in [-0.05, 0) is 40.8 Å². The van der Waals surface area contributed by atoms with Crippen LogP contribution in [0.1, 0.15) is 31.9 Å². The van der Waals surface area contributed by atoms with Crippen LogP contribution >= 0.6 is 0 Å². The van der Waals surface area contributed by atoms with Crippen molar-refractivity contribution < 1.29 is 19.1 Å². The summed E-state index contributed by atoms with van der Waals surface area (Å²) < 4.78 is 10.7. The van der Waals surface area contributed by atoms with E-state index in [0.717, 1.165) is 16.9 Å². The summed E-state index contributed by atoms with van der Waals surface area (Å²) >= 11 is 0. The summed E-state index contributed by atoms with van der Waals surface area (Å²) in [5.74, 6) is 0.896. The number of amides is 2. The third-order valence-electron chi connectivity index (χ3n) is 4.69. The summed E-state index contributed by atoms with van der Waals surface area (Å²) in [6.45, 7) is 6.56. The molecule has 2 amide bonds. The number of carbonyl (C=O) groups is 2. The number of ether oxygens (including phenoxy) is 2. The van der Waals surface area contributed by atoms with E-state index >= 15 is 0 Å². The summed E-state index contributed by atoms with van der Waals surface area (Å²) in [7, 11) is 1.60. The summed E-state index contributed by atoms with van der Waals surface area (Å²) in [4.78, 5) is 26.4. The number of methoxy groups -OCH3 is 1. The molecule has 6 heteroatoms. The highest BCUT2D eigenvalue weighted by Gasteiger charge is 2.29. The minimum atomic E-state index is -0.231. The Bertz CT molecular complexity index is 886. The van der Waals surface area contributed by atoms with E-state index in [1.807, 2.05) is 42.5 Å². The van der Waals surface area contributed by atoms with E-state index in [1.165, 1.54) is 4.90 Å². The van der Waals surface area contributed by atoms with Gasteiger partial charge in [-0.2, -0.15) is 0 Å². The fraction of sp³-hybridized carbons (Fsp3) is 0.364. The number of anilines is 1. The topological polar surface area (TPSA) is 67.9 Å². The molecule has 0 atom stereocenters. The zero-order chi connectivity index (χ0) is 20.3. The van der Waals surface area contributed by atoms with Gasteiger partial charge in [-0.25, -0.2) is 0 Å². The third kappa shape index (κ3) is 4.44. The molecule has 1 N–H and O–H groups in total. The van der Waals surface area contributed by atoms with Crippen molar-refractivity contribution in [3.63, 3.8) is 0 Å². The second-order valence-electron chi connectivity index (χ2n) is 7.83. The number of carbonyl (C=O) groups excluding carboxylic acids is 2. The van der Waals surface area contributed by atoms with E-state index < -0.39 is 0 Å². The lowest BCUT2D eigenvalue weighted by atomic mass is 9.86. The Balaban J connectivity index is 1.73. The molecule has 0 radical (unpaired) electrons. The van der Waals surface area contributed by atoms with Crippen LogP contribution in [0.15, 0.2) is 42.5 Å². The van der Waals surface area contributed by atoms with Gasteiger partial charge >= 0.3 is 0 Å². The van der Waals surface area contributed by atoms with Crippen LogP contribution in [0.4, 0.5) is 5.69 Å². The van der Waals surface area contributed by atoms with Crippen LogP contribution in [0.25, 0.3) is 0 Å². The Morgan fingerprint density at radius 2 is 2.00 bits per heavy atom. The van der Waals surface area contributed by atoms with Gasteiger partial charge in [0.05, 0.1) is 12.8 Å². The number of hydrogen-bond acceptors (Lipinski definition) is 4. The van der Waals surface area contributed by atoms with Crippen LogP contribution in [0.3, 0.4) is 0 Å². The number of nitrogens with zero attached hydrogens (tertiary/aromatic N) is 1. The van der Waals surface area contributed by atoms with Crippen molar-refractivity contribution in [3.8, 4) is 11.5 Å². The Labute approximate surface area is 165 Å². The predicted octanol–water partition coefficient (Wildman–Crippen LogP) is 3.03.